The first-order valence-electron chi connectivity index (χ1n) is 9.43. The number of carbonyl (C=O) groups is 1. The third-order valence-electron chi connectivity index (χ3n) is 5.01. The maximum absolute atomic E-state index is 12.7. The van der Waals surface area contributed by atoms with Gasteiger partial charge < -0.3 is 14.4 Å². The maximum Gasteiger partial charge on any atom is 0.253 e. The van der Waals surface area contributed by atoms with E-state index in [1.807, 2.05) is 38.2 Å². The predicted octanol–water partition coefficient (Wildman–Crippen LogP) is 3.49. The molecule has 1 atom stereocenters. The number of carbonyl (C=O) groups excluding carboxylic acids is 1. The quantitative estimate of drug-likeness (QED) is 0.747. The molecule has 6 heteroatoms. The summed E-state index contributed by atoms with van der Waals surface area (Å²) in [5.74, 6) is 0.565. The van der Waals surface area contributed by atoms with Crippen molar-refractivity contribution in [2.24, 2.45) is 0 Å². The molecule has 1 aromatic heterocycles. The van der Waals surface area contributed by atoms with Crippen LogP contribution in [0.15, 0.2) is 30.6 Å². The molecule has 27 heavy (non-hydrogen) atoms. The van der Waals surface area contributed by atoms with E-state index in [1.54, 1.807) is 12.0 Å². The fourth-order valence-electron chi connectivity index (χ4n) is 3.47. The molecule has 0 N–H and O–H groups in total. The second kappa shape index (κ2) is 8.95. The van der Waals surface area contributed by atoms with Gasteiger partial charge in [0, 0.05) is 25.8 Å². The van der Waals surface area contributed by atoms with Gasteiger partial charge in [-0.2, -0.15) is 0 Å². The number of benzene rings is 1. The largest absolute Gasteiger partial charge is 0.480 e. The minimum absolute atomic E-state index is 0.0295. The molecule has 6 nitrogen and oxygen atoms in total. The predicted molar refractivity (Wildman–Crippen MR) is 104 cm³/mol. The van der Waals surface area contributed by atoms with Crippen molar-refractivity contribution in [2.45, 2.75) is 38.7 Å². The number of nitrogens with zero attached hydrogens (tertiary/aromatic N) is 3. The van der Waals surface area contributed by atoms with Gasteiger partial charge in [-0.25, -0.2) is 9.97 Å². The Balaban J connectivity index is 1.63. The zero-order valence-electron chi connectivity index (χ0n) is 16.3. The molecule has 1 fully saturated rings. The highest BCUT2D eigenvalue weighted by molar-refractivity contribution is 5.94. The Hall–Kier alpha value is -2.47. The average molecular weight is 369 g/mol. The van der Waals surface area contributed by atoms with Crippen LogP contribution in [0.3, 0.4) is 0 Å². The molecule has 1 aliphatic heterocycles. The molecule has 0 bridgehead atoms. The summed E-state index contributed by atoms with van der Waals surface area (Å²) in [6, 6.07) is 7.53. The number of rotatable bonds is 7. The summed E-state index contributed by atoms with van der Waals surface area (Å²) < 4.78 is 11.0. The van der Waals surface area contributed by atoms with E-state index < -0.39 is 0 Å². The highest BCUT2D eigenvalue weighted by Crippen LogP contribution is 2.30. The minimum Gasteiger partial charge on any atom is -0.480 e. The summed E-state index contributed by atoms with van der Waals surface area (Å²) in [6.07, 6.45) is 6.14. The lowest BCUT2D eigenvalue weighted by atomic mass is 10.0. The van der Waals surface area contributed by atoms with E-state index in [9.17, 15) is 4.79 Å². The van der Waals surface area contributed by atoms with Gasteiger partial charge in [-0.1, -0.05) is 12.1 Å². The lowest BCUT2D eigenvalue weighted by Gasteiger charge is -2.18. The second-order valence-corrected chi connectivity index (χ2v) is 6.92. The van der Waals surface area contributed by atoms with Crippen molar-refractivity contribution in [3.05, 3.63) is 41.9 Å². The molecule has 1 aromatic carbocycles. The van der Waals surface area contributed by atoms with Crippen LogP contribution in [0.1, 0.15) is 41.7 Å². The molecule has 0 aliphatic carbocycles. The Morgan fingerprint density at radius 3 is 2.74 bits per heavy atom. The number of amides is 1. The van der Waals surface area contributed by atoms with Crippen LogP contribution >= 0.6 is 0 Å². The number of methoxy groups -OCH3 is 1. The standard InChI is InChI=1S/C21H27N3O3/c1-15-19(20(26-3)23-14-22-15)16-8-10-17(11-9-16)21(25)24(2)12-4-6-18-7-5-13-27-18/h8-11,14,18H,4-7,12-13H2,1-3H3. The third kappa shape index (κ3) is 4.63. The van der Waals surface area contributed by atoms with E-state index in [0.29, 0.717) is 17.5 Å². The smallest absolute Gasteiger partial charge is 0.253 e. The van der Waals surface area contributed by atoms with Crippen LogP contribution in [0, 0.1) is 6.92 Å². The van der Waals surface area contributed by atoms with Gasteiger partial charge in [-0.05, 0) is 50.3 Å². The summed E-state index contributed by atoms with van der Waals surface area (Å²) in [6.45, 7) is 3.53. The van der Waals surface area contributed by atoms with Crippen molar-refractivity contribution in [2.75, 3.05) is 27.3 Å². The lowest BCUT2D eigenvalue weighted by Crippen LogP contribution is -2.28. The number of hydrogen-bond acceptors (Lipinski definition) is 5. The normalized spacial score (nSPS) is 16.3. The molecule has 1 aliphatic rings. The molecular formula is C21H27N3O3. The molecule has 0 radical (unpaired) electrons. The van der Waals surface area contributed by atoms with Gasteiger partial charge in [0.05, 0.1) is 24.5 Å². The van der Waals surface area contributed by atoms with Crippen molar-refractivity contribution in [1.82, 2.24) is 14.9 Å². The molecule has 3 rings (SSSR count). The van der Waals surface area contributed by atoms with Crippen molar-refractivity contribution in [3.8, 4) is 17.0 Å². The monoisotopic (exact) mass is 369 g/mol. The molecule has 2 heterocycles. The van der Waals surface area contributed by atoms with E-state index in [4.69, 9.17) is 9.47 Å². The van der Waals surface area contributed by atoms with Gasteiger partial charge in [0.1, 0.15) is 6.33 Å². The number of ether oxygens (including phenoxy) is 2. The van der Waals surface area contributed by atoms with Crippen LogP contribution in [0.5, 0.6) is 5.88 Å². The Kier molecular flexibility index (Phi) is 6.40. The third-order valence-corrected chi connectivity index (χ3v) is 5.01. The van der Waals surface area contributed by atoms with Crippen LogP contribution in [0.2, 0.25) is 0 Å². The summed E-state index contributed by atoms with van der Waals surface area (Å²) in [5.41, 5.74) is 3.30. The van der Waals surface area contributed by atoms with Crippen molar-refractivity contribution >= 4 is 5.91 Å². The van der Waals surface area contributed by atoms with Crippen molar-refractivity contribution in [3.63, 3.8) is 0 Å². The molecule has 0 spiro atoms. The van der Waals surface area contributed by atoms with Gasteiger partial charge in [-0.15, -0.1) is 0 Å². The summed E-state index contributed by atoms with van der Waals surface area (Å²) >= 11 is 0. The first-order valence-corrected chi connectivity index (χ1v) is 9.43. The minimum atomic E-state index is 0.0295. The van der Waals surface area contributed by atoms with Gasteiger partial charge >= 0.3 is 0 Å². The number of aryl methyl sites for hydroxylation is 1. The van der Waals surface area contributed by atoms with Crippen LogP contribution < -0.4 is 4.74 Å². The van der Waals surface area contributed by atoms with Crippen LogP contribution in [0.4, 0.5) is 0 Å². The van der Waals surface area contributed by atoms with Gasteiger partial charge in [0.25, 0.3) is 5.91 Å². The van der Waals surface area contributed by atoms with Crippen molar-refractivity contribution in [1.29, 1.82) is 0 Å². The van der Waals surface area contributed by atoms with E-state index >= 15 is 0 Å². The van der Waals surface area contributed by atoms with Crippen molar-refractivity contribution < 1.29 is 14.3 Å². The Morgan fingerprint density at radius 2 is 2.07 bits per heavy atom. The molecule has 1 amide bonds. The molecule has 0 saturated carbocycles. The summed E-state index contributed by atoms with van der Waals surface area (Å²) in [5, 5.41) is 0. The molecule has 144 valence electrons. The lowest BCUT2D eigenvalue weighted by molar-refractivity contribution is 0.0763. The Bertz CT molecular complexity index is 771. The average Bonchev–Trinajstić information content (AvgIpc) is 3.20. The van der Waals surface area contributed by atoms with Crippen LogP contribution in [0.25, 0.3) is 11.1 Å². The zero-order valence-corrected chi connectivity index (χ0v) is 16.3. The molecule has 1 unspecified atom stereocenters. The van der Waals surface area contributed by atoms with Gasteiger partial charge in [-0.3, -0.25) is 4.79 Å². The Labute approximate surface area is 160 Å². The number of aromatic nitrogens is 2. The highest BCUT2D eigenvalue weighted by Gasteiger charge is 2.17. The molecular weight excluding hydrogens is 342 g/mol. The Morgan fingerprint density at radius 1 is 1.30 bits per heavy atom. The fourth-order valence-corrected chi connectivity index (χ4v) is 3.47. The van der Waals surface area contributed by atoms with E-state index in [0.717, 1.165) is 55.7 Å². The van der Waals surface area contributed by atoms with Gasteiger partial charge in [0.15, 0.2) is 0 Å². The summed E-state index contributed by atoms with van der Waals surface area (Å²) in [7, 11) is 3.44. The highest BCUT2D eigenvalue weighted by atomic mass is 16.5. The van der Waals surface area contributed by atoms with Crippen LogP contribution in [-0.2, 0) is 4.74 Å². The van der Waals surface area contributed by atoms with Gasteiger partial charge in [0.2, 0.25) is 5.88 Å². The van der Waals surface area contributed by atoms with E-state index in [1.165, 1.54) is 6.33 Å². The fraction of sp³-hybridized carbons (Fsp3) is 0.476. The molecule has 2 aromatic rings. The van der Waals surface area contributed by atoms with Crippen LogP contribution in [-0.4, -0.2) is 54.2 Å². The SMILES string of the molecule is COc1ncnc(C)c1-c1ccc(C(=O)N(C)CCCC2CCCO2)cc1. The summed E-state index contributed by atoms with van der Waals surface area (Å²) in [4.78, 5) is 22.8. The number of hydrogen-bond donors (Lipinski definition) is 0. The maximum atomic E-state index is 12.7. The second-order valence-electron chi connectivity index (χ2n) is 6.92. The molecule has 1 saturated heterocycles. The van der Waals surface area contributed by atoms with E-state index in [2.05, 4.69) is 9.97 Å². The first kappa shape index (κ1) is 19.3. The zero-order chi connectivity index (χ0) is 19.2. The first-order chi connectivity index (χ1) is 13.1. The topological polar surface area (TPSA) is 64.6 Å². The van der Waals surface area contributed by atoms with E-state index in [-0.39, 0.29) is 5.91 Å².